The van der Waals surface area contributed by atoms with Crippen LogP contribution in [0.15, 0.2) is 18.2 Å². The molecule has 4 fully saturated rings. The van der Waals surface area contributed by atoms with E-state index >= 15 is 0 Å². The predicted molar refractivity (Wildman–Crippen MR) is 83.6 cm³/mol. The van der Waals surface area contributed by atoms with E-state index < -0.39 is 11.7 Å². The van der Waals surface area contributed by atoms with Gasteiger partial charge in [-0.3, -0.25) is 9.69 Å². The van der Waals surface area contributed by atoms with Crippen LogP contribution in [0.4, 0.5) is 10.5 Å². The van der Waals surface area contributed by atoms with Gasteiger partial charge in [0, 0.05) is 12.5 Å². The third-order valence-corrected chi connectivity index (χ3v) is 5.37. The molecule has 2 amide bonds. The third kappa shape index (κ3) is 1.97. The van der Waals surface area contributed by atoms with Crippen LogP contribution in [0.2, 0.25) is 0 Å². The van der Waals surface area contributed by atoms with Crippen molar-refractivity contribution in [2.45, 2.75) is 25.4 Å². The molecule has 0 saturated carbocycles. The van der Waals surface area contributed by atoms with Crippen molar-refractivity contribution in [2.24, 2.45) is 5.92 Å². The van der Waals surface area contributed by atoms with Crippen molar-refractivity contribution in [1.29, 1.82) is 0 Å². The second-order valence-electron chi connectivity index (χ2n) is 6.60. The van der Waals surface area contributed by atoms with E-state index in [2.05, 4.69) is 4.90 Å². The van der Waals surface area contributed by atoms with Crippen LogP contribution >= 0.6 is 0 Å². The molecule has 0 aromatic heterocycles. The lowest BCUT2D eigenvalue weighted by Gasteiger charge is -2.48. The summed E-state index contributed by atoms with van der Waals surface area (Å²) in [5, 5.41) is 0. The second-order valence-corrected chi connectivity index (χ2v) is 6.60. The van der Waals surface area contributed by atoms with Crippen LogP contribution in [0.1, 0.15) is 18.4 Å². The summed E-state index contributed by atoms with van der Waals surface area (Å²) in [6.07, 6.45) is 1.26. The second kappa shape index (κ2) is 4.96. The smallest absolute Gasteiger partial charge is 0.422 e. The highest BCUT2D eigenvalue weighted by Gasteiger charge is 2.62. The fourth-order valence-electron chi connectivity index (χ4n) is 4.11. The highest BCUT2D eigenvalue weighted by molar-refractivity contribution is 6.20. The van der Waals surface area contributed by atoms with Gasteiger partial charge in [-0.15, -0.1) is 0 Å². The molecule has 6 heteroatoms. The molecule has 2 bridgehead atoms. The van der Waals surface area contributed by atoms with Crippen molar-refractivity contribution in [3.63, 3.8) is 0 Å². The minimum absolute atomic E-state index is 0.132. The fraction of sp³-hybridized carbons (Fsp3) is 0.529. The topological polar surface area (TPSA) is 59.1 Å². The number of hydrogen-bond donors (Lipinski definition) is 0. The van der Waals surface area contributed by atoms with Gasteiger partial charge in [-0.2, -0.15) is 0 Å². The number of amides is 2. The molecule has 5 rings (SSSR count). The summed E-state index contributed by atoms with van der Waals surface area (Å²) in [5.74, 6) is 0.612. The maximum absolute atomic E-state index is 13.1. The lowest BCUT2D eigenvalue weighted by Crippen LogP contribution is -2.63. The van der Waals surface area contributed by atoms with Gasteiger partial charge in [-0.05, 0) is 56.6 Å². The van der Waals surface area contributed by atoms with Gasteiger partial charge in [0.15, 0.2) is 0 Å². The van der Waals surface area contributed by atoms with Gasteiger partial charge in [-0.25, -0.2) is 9.69 Å². The molecule has 4 heterocycles. The van der Waals surface area contributed by atoms with Crippen LogP contribution in [0.5, 0.6) is 5.75 Å². The maximum Gasteiger partial charge on any atom is 0.422 e. The summed E-state index contributed by atoms with van der Waals surface area (Å²) >= 11 is 0. The Balaban J connectivity index is 1.71. The van der Waals surface area contributed by atoms with Gasteiger partial charge >= 0.3 is 6.09 Å². The van der Waals surface area contributed by atoms with E-state index in [1.54, 1.807) is 19.2 Å². The first-order valence-electron chi connectivity index (χ1n) is 8.00. The molecule has 0 N–H and O–H groups in total. The molecule has 4 aliphatic heterocycles. The summed E-state index contributed by atoms with van der Waals surface area (Å²) in [6, 6.07) is 5.32. The van der Waals surface area contributed by atoms with Crippen molar-refractivity contribution in [2.75, 3.05) is 31.6 Å². The molecular weight excluding hydrogens is 296 g/mol. The van der Waals surface area contributed by atoms with Crippen molar-refractivity contribution in [3.8, 4) is 5.75 Å². The molecule has 23 heavy (non-hydrogen) atoms. The summed E-state index contributed by atoms with van der Waals surface area (Å²) in [4.78, 5) is 29.0. The largest absolute Gasteiger partial charge is 0.497 e. The number of rotatable bonds is 2. The van der Waals surface area contributed by atoms with Crippen LogP contribution in [0.25, 0.3) is 0 Å². The number of piperidine rings is 3. The van der Waals surface area contributed by atoms with Crippen molar-refractivity contribution < 1.29 is 19.1 Å². The Morgan fingerprint density at radius 3 is 2.57 bits per heavy atom. The predicted octanol–water partition coefficient (Wildman–Crippen LogP) is 1.95. The summed E-state index contributed by atoms with van der Waals surface area (Å²) in [5.41, 5.74) is 0.405. The van der Waals surface area contributed by atoms with E-state index in [4.69, 9.17) is 9.47 Å². The Morgan fingerprint density at radius 2 is 2.00 bits per heavy atom. The molecule has 1 aromatic rings. The van der Waals surface area contributed by atoms with E-state index in [1.165, 1.54) is 4.90 Å². The fourth-order valence-corrected chi connectivity index (χ4v) is 4.11. The molecular formula is C17H20N2O4. The summed E-state index contributed by atoms with van der Waals surface area (Å²) in [6.45, 7) is 4.35. The van der Waals surface area contributed by atoms with Crippen LogP contribution in [0, 0.1) is 12.8 Å². The molecule has 0 radical (unpaired) electrons. The Kier molecular flexibility index (Phi) is 3.13. The van der Waals surface area contributed by atoms with Crippen molar-refractivity contribution in [1.82, 2.24) is 4.90 Å². The number of carbonyl (C=O) groups is 2. The minimum Gasteiger partial charge on any atom is -0.497 e. The van der Waals surface area contributed by atoms with Gasteiger partial charge in [-0.1, -0.05) is 0 Å². The average Bonchev–Trinajstić information content (AvgIpc) is 2.79. The zero-order chi connectivity index (χ0) is 16.2. The summed E-state index contributed by atoms with van der Waals surface area (Å²) < 4.78 is 10.9. The highest BCUT2D eigenvalue weighted by atomic mass is 16.6. The number of fused-ring (bicyclic) bond motifs is 2. The molecule has 1 aromatic carbocycles. The molecule has 1 unspecified atom stereocenters. The first-order valence-corrected chi connectivity index (χ1v) is 8.00. The Morgan fingerprint density at radius 1 is 1.26 bits per heavy atom. The average molecular weight is 316 g/mol. The van der Waals surface area contributed by atoms with Gasteiger partial charge < -0.3 is 9.47 Å². The molecule has 0 aliphatic carbocycles. The maximum atomic E-state index is 13.1. The van der Waals surface area contributed by atoms with Gasteiger partial charge in [0.05, 0.1) is 12.8 Å². The molecule has 122 valence electrons. The number of benzene rings is 1. The third-order valence-electron chi connectivity index (χ3n) is 5.37. The number of carbonyl (C=O) groups excluding carboxylic acids is 2. The first-order chi connectivity index (χ1) is 11.0. The van der Waals surface area contributed by atoms with Gasteiger partial charge in [0.2, 0.25) is 5.60 Å². The molecule has 6 nitrogen and oxygen atoms in total. The number of anilines is 1. The monoisotopic (exact) mass is 316 g/mol. The molecule has 1 atom stereocenters. The lowest BCUT2D eigenvalue weighted by molar-refractivity contribution is -0.148. The zero-order valence-corrected chi connectivity index (χ0v) is 13.4. The standard InChI is InChI=1S/C17H20N2O4/c1-11-9-13(22-2)3-4-14(11)19-15(20)17(23-16(19)21)10-18-7-5-12(17)6-8-18/h3-4,9,12H,5-8,10H2,1-2H3. The lowest BCUT2D eigenvalue weighted by atomic mass is 9.75. The zero-order valence-electron chi connectivity index (χ0n) is 13.4. The van der Waals surface area contributed by atoms with Crippen LogP contribution in [-0.4, -0.2) is 49.2 Å². The highest BCUT2D eigenvalue weighted by Crippen LogP contribution is 2.44. The van der Waals surface area contributed by atoms with Crippen LogP contribution < -0.4 is 9.64 Å². The number of methoxy groups -OCH3 is 1. The quantitative estimate of drug-likeness (QED) is 0.834. The minimum atomic E-state index is -0.986. The number of imide groups is 1. The van der Waals surface area contributed by atoms with E-state index in [0.717, 1.165) is 31.5 Å². The van der Waals surface area contributed by atoms with Crippen molar-refractivity contribution in [3.05, 3.63) is 23.8 Å². The van der Waals surface area contributed by atoms with Crippen LogP contribution in [0.3, 0.4) is 0 Å². The van der Waals surface area contributed by atoms with E-state index in [9.17, 15) is 9.59 Å². The number of aryl methyl sites for hydroxylation is 1. The SMILES string of the molecule is COc1ccc(N2C(=O)OC3(CN4CCC3CC4)C2=O)c(C)c1. The number of nitrogens with zero attached hydrogens (tertiary/aromatic N) is 2. The normalized spacial score (nSPS) is 32.5. The van der Waals surface area contributed by atoms with Crippen molar-refractivity contribution >= 4 is 17.7 Å². The molecule has 1 spiro atoms. The molecule has 4 saturated heterocycles. The summed E-state index contributed by atoms with van der Waals surface area (Å²) in [7, 11) is 1.59. The van der Waals surface area contributed by atoms with Crippen LogP contribution in [-0.2, 0) is 9.53 Å². The number of ether oxygens (including phenoxy) is 2. The van der Waals surface area contributed by atoms with E-state index in [-0.39, 0.29) is 11.8 Å². The molecule has 4 aliphatic rings. The van der Waals surface area contributed by atoms with E-state index in [0.29, 0.717) is 18.0 Å². The van der Waals surface area contributed by atoms with Gasteiger partial charge in [0.1, 0.15) is 5.75 Å². The number of hydrogen-bond acceptors (Lipinski definition) is 5. The van der Waals surface area contributed by atoms with Gasteiger partial charge in [0.25, 0.3) is 5.91 Å². The van der Waals surface area contributed by atoms with E-state index in [1.807, 2.05) is 13.0 Å². The Labute approximate surface area is 134 Å². The Bertz CT molecular complexity index is 681. The first kappa shape index (κ1) is 14.5. The Hall–Kier alpha value is -2.08.